The van der Waals surface area contributed by atoms with Crippen LogP contribution in [0.4, 0.5) is 5.69 Å². The molecular formula is C22H25N5O. The van der Waals surface area contributed by atoms with E-state index in [1.165, 1.54) is 24.9 Å². The Morgan fingerprint density at radius 1 is 1.11 bits per heavy atom. The quantitative estimate of drug-likeness (QED) is 0.548. The van der Waals surface area contributed by atoms with Gasteiger partial charge in [0.05, 0.1) is 17.2 Å². The first-order chi connectivity index (χ1) is 13.7. The zero-order valence-corrected chi connectivity index (χ0v) is 16.1. The maximum Gasteiger partial charge on any atom is 0.260 e. The first-order valence-electron chi connectivity index (χ1n) is 9.79. The Morgan fingerprint density at radius 2 is 1.86 bits per heavy atom. The van der Waals surface area contributed by atoms with Crippen molar-refractivity contribution in [2.24, 2.45) is 5.10 Å². The summed E-state index contributed by atoms with van der Waals surface area (Å²) < 4.78 is 1.90. The first-order valence-corrected chi connectivity index (χ1v) is 9.79. The van der Waals surface area contributed by atoms with E-state index in [1.54, 1.807) is 6.21 Å². The minimum Gasteiger partial charge on any atom is -0.372 e. The fourth-order valence-corrected chi connectivity index (χ4v) is 3.68. The fourth-order valence-electron chi connectivity index (χ4n) is 3.68. The number of benzene rings is 2. The number of nitrogens with one attached hydrogen (secondary N) is 1. The zero-order valence-electron chi connectivity index (χ0n) is 16.1. The van der Waals surface area contributed by atoms with Crippen molar-refractivity contribution in [2.45, 2.75) is 32.7 Å². The number of anilines is 1. The Kier molecular flexibility index (Phi) is 5.37. The number of imidazole rings is 1. The van der Waals surface area contributed by atoms with Gasteiger partial charge >= 0.3 is 0 Å². The standard InChI is InChI=1S/C22H25N5O/c1-17-24-20-7-3-4-8-21(20)27(17)16-22(28)25-23-15-18-9-11-19(12-10-18)26-13-5-2-6-14-26/h3-4,7-12,15H,2,5-6,13-14,16H2,1H3,(H,25,28)/b23-15-. The van der Waals surface area contributed by atoms with Crippen molar-refractivity contribution >= 4 is 28.8 Å². The van der Waals surface area contributed by atoms with Crippen LogP contribution in [0.25, 0.3) is 11.0 Å². The van der Waals surface area contributed by atoms with Gasteiger partial charge in [0.2, 0.25) is 0 Å². The number of carbonyl (C=O) groups is 1. The van der Waals surface area contributed by atoms with Gasteiger partial charge < -0.3 is 9.47 Å². The topological polar surface area (TPSA) is 62.5 Å². The summed E-state index contributed by atoms with van der Waals surface area (Å²) in [5, 5.41) is 4.10. The van der Waals surface area contributed by atoms with Crippen LogP contribution in [0.5, 0.6) is 0 Å². The molecule has 28 heavy (non-hydrogen) atoms. The molecule has 1 aliphatic heterocycles. The second-order valence-corrected chi connectivity index (χ2v) is 7.17. The number of nitrogens with zero attached hydrogens (tertiary/aromatic N) is 4. The number of hydrogen-bond donors (Lipinski definition) is 1. The van der Waals surface area contributed by atoms with Crippen LogP contribution in [-0.2, 0) is 11.3 Å². The van der Waals surface area contributed by atoms with Crippen LogP contribution in [0.3, 0.4) is 0 Å². The molecule has 0 radical (unpaired) electrons. The number of rotatable bonds is 5. The first kappa shape index (κ1) is 18.2. The highest BCUT2D eigenvalue weighted by atomic mass is 16.2. The molecule has 0 spiro atoms. The van der Waals surface area contributed by atoms with Gasteiger partial charge in [-0.25, -0.2) is 10.4 Å². The molecule has 1 fully saturated rings. The summed E-state index contributed by atoms with van der Waals surface area (Å²) in [7, 11) is 0. The van der Waals surface area contributed by atoms with Crippen LogP contribution in [0.15, 0.2) is 53.6 Å². The maximum atomic E-state index is 12.3. The maximum absolute atomic E-state index is 12.3. The van der Waals surface area contributed by atoms with E-state index in [0.29, 0.717) is 0 Å². The smallest absolute Gasteiger partial charge is 0.260 e. The average molecular weight is 375 g/mol. The van der Waals surface area contributed by atoms with Gasteiger partial charge in [-0.2, -0.15) is 5.10 Å². The highest BCUT2D eigenvalue weighted by Gasteiger charge is 2.11. The van der Waals surface area contributed by atoms with Gasteiger partial charge in [-0.05, 0) is 56.0 Å². The molecule has 0 unspecified atom stereocenters. The molecule has 4 rings (SSSR count). The molecule has 1 aromatic heterocycles. The van der Waals surface area contributed by atoms with Gasteiger partial charge in [0, 0.05) is 18.8 Å². The number of para-hydroxylation sites is 2. The van der Waals surface area contributed by atoms with E-state index >= 15 is 0 Å². The van der Waals surface area contributed by atoms with Crippen molar-refractivity contribution in [3.05, 3.63) is 59.9 Å². The normalized spacial score (nSPS) is 14.7. The number of aromatic nitrogens is 2. The van der Waals surface area contributed by atoms with Crippen molar-refractivity contribution in [1.29, 1.82) is 0 Å². The molecule has 1 saturated heterocycles. The Morgan fingerprint density at radius 3 is 2.64 bits per heavy atom. The van der Waals surface area contributed by atoms with E-state index in [-0.39, 0.29) is 12.5 Å². The summed E-state index contributed by atoms with van der Waals surface area (Å²) in [6.45, 7) is 4.36. The predicted octanol–water partition coefficient (Wildman–Crippen LogP) is 3.49. The molecule has 144 valence electrons. The lowest BCUT2D eigenvalue weighted by molar-refractivity contribution is -0.121. The molecule has 0 saturated carbocycles. The fraction of sp³-hybridized carbons (Fsp3) is 0.318. The van der Waals surface area contributed by atoms with Crippen LogP contribution in [0.1, 0.15) is 30.7 Å². The van der Waals surface area contributed by atoms with E-state index < -0.39 is 0 Å². The second kappa shape index (κ2) is 8.25. The summed E-state index contributed by atoms with van der Waals surface area (Å²) in [5.41, 5.74) is 6.67. The third kappa shape index (κ3) is 4.06. The SMILES string of the molecule is Cc1nc2ccccc2n1CC(=O)N/N=C\c1ccc(N2CCCCC2)cc1. The Balaban J connectivity index is 1.35. The van der Waals surface area contributed by atoms with Crippen molar-refractivity contribution < 1.29 is 4.79 Å². The van der Waals surface area contributed by atoms with Crippen molar-refractivity contribution in [3.63, 3.8) is 0 Å². The van der Waals surface area contributed by atoms with Crippen molar-refractivity contribution in [1.82, 2.24) is 15.0 Å². The van der Waals surface area contributed by atoms with Crippen LogP contribution < -0.4 is 10.3 Å². The Bertz CT molecular complexity index is 984. The molecule has 6 heteroatoms. The van der Waals surface area contributed by atoms with Gasteiger partial charge in [0.15, 0.2) is 0 Å². The summed E-state index contributed by atoms with van der Waals surface area (Å²) >= 11 is 0. The molecule has 1 N–H and O–H groups in total. The third-order valence-corrected chi connectivity index (χ3v) is 5.16. The number of hydrazone groups is 1. The zero-order chi connectivity index (χ0) is 19.3. The molecule has 3 aromatic rings. The summed E-state index contributed by atoms with van der Waals surface area (Å²) in [5.74, 6) is 0.640. The second-order valence-electron chi connectivity index (χ2n) is 7.17. The van der Waals surface area contributed by atoms with E-state index in [9.17, 15) is 4.79 Å². The van der Waals surface area contributed by atoms with Crippen LogP contribution in [0.2, 0.25) is 0 Å². The molecule has 2 heterocycles. The average Bonchev–Trinajstić information content (AvgIpc) is 3.04. The lowest BCUT2D eigenvalue weighted by Gasteiger charge is -2.28. The van der Waals surface area contributed by atoms with Gasteiger partial charge in [0.25, 0.3) is 5.91 Å². The van der Waals surface area contributed by atoms with Crippen LogP contribution >= 0.6 is 0 Å². The number of piperidine rings is 1. The Labute approximate surface area is 164 Å². The van der Waals surface area contributed by atoms with Gasteiger partial charge in [-0.3, -0.25) is 4.79 Å². The van der Waals surface area contributed by atoms with Gasteiger partial charge in [-0.15, -0.1) is 0 Å². The third-order valence-electron chi connectivity index (χ3n) is 5.16. The summed E-state index contributed by atoms with van der Waals surface area (Å²) in [6, 6.07) is 16.1. The molecule has 0 atom stereocenters. The predicted molar refractivity (Wildman–Crippen MR) is 113 cm³/mol. The monoisotopic (exact) mass is 375 g/mol. The minimum absolute atomic E-state index is 0.174. The van der Waals surface area contributed by atoms with E-state index in [2.05, 4.69) is 32.5 Å². The molecule has 1 aliphatic rings. The van der Waals surface area contributed by atoms with Gasteiger partial charge in [-0.1, -0.05) is 24.3 Å². The van der Waals surface area contributed by atoms with Crippen molar-refractivity contribution in [2.75, 3.05) is 18.0 Å². The molecule has 6 nitrogen and oxygen atoms in total. The number of amides is 1. The lowest BCUT2D eigenvalue weighted by Crippen LogP contribution is -2.29. The molecule has 2 aromatic carbocycles. The van der Waals surface area contributed by atoms with E-state index in [4.69, 9.17) is 0 Å². The summed E-state index contributed by atoms with van der Waals surface area (Å²) in [4.78, 5) is 19.2. The molecule has 1 amide bonds. The molecule has 0 aliphatic carbocycles. The highest BCUT2D eigenvalue weighted by molar-refractivity contribution is 5.84. The van der Waals surface area contributed by atoms with Gasteiger partial charge in [0.1, 0.15) is 12.4 Å². The van der Waals surface area contributed by atoms with E-state index in [1.807, 2.05) is 47.9 Å². The Hall–Kier alpha value is -3.15. The number of aryl methyl sites for hydroxylation is 1. The van der Waals surface area contributed by atoms with Crippen molar-refractivity contribution in [3.8, 4) is 0 Å². The molecular weight excluding hydrogens is 350 g/mol. The highest BCUT2D eigenvalue weighted by Crippen LogP contribution is 2.19. The van der Waals surface area contributed by atoms with E-state index in [0.717, 1.165) is 35.5 Å². The number of fused-ring (bicyclic) bond motifs is 1. The number of carbonyl (C=O) groups excluding carboxylic acids is 1. The summed E-state index contributed by atoms with van der Waals surface area (Å²) in [6.07, 6.45) is 5.54. The largest absolute Gasteiger partial charge is 0.372 e. The van der Waals surface area contributed by atoms with Crippen LogP contribution in [0, 0.1) is 6.92 Å². The molecule has 0 bridgehead atoms. The lowest BCUT2D eigenvalue weighted by atomic mass is 10.1. The minimum atomic E-state index is -0.174. The number of hydrogen-bond acceptors (Lipinski definition) is 4. The van der Waals surface area contributed by atoms with Crippen LogP contribution in [-0.4, -0.2) is 34.8 Å².